The molecule has 0 aliphatic carbocycles. The van der Waals surface area contributed by atoms with Crippen LogP contribution in [0, 0.1) is 5.82 Å². The van der Waals surface area contributed by atoms with Crippen LogP contribution in [0.1, 0.15) is 5.56 Å². The Bertz CT molecular complexity index is 1250. The maximum absolute atomic E-state index is 13.7. The summed E-state index contributed by atoms with van der Waals surface area (Å²) < 4.78 is 46.3. The number of rotatable bonds is 7. The Morgan fingerprint density at radius 3 is 2.55 bits per heavy atom. The molecule has 0 spiro atoms. The molecule has 0 fully saturated rings. The lowest BCUT2D eigenvalue weighted by molar-refractivity contribution is -0.111. The summed E-state index contributed by atoms with van der Waals surface area (Å²) in [6.07, 6.45) is 2.64. The summed E-state index contributed by atoms with van der Waals surface area (Å²) in [7, 11) is -2.56. The molecule has 3 rings (SSSR count). The number of ether oxygens (including phenoxy) is 1. The van der Waals surface area contributed by atoms with Crippen LogP contribution in [-0.2, 0) is 14.8 Å². The van der Waals surface area contributed by atoms with Gasteiger partial charge in [-0.15, -0.1) is 0 Å². The first-order valence-electron chi connectivity index (χ1n) is 8.98. The quantitative estimate of drug-likeness (QED) is 0.489. The van der Waals surface area contributed by atoms with Crippen LogP contribution in [0.2, 0.25) is 5.02 Å². The van der Waals surface area contributed by atoms with Gasteiger partial charge in [-0.3, -0.25) is 9.52 Å². The largest absolute Gasteiger partial charge is 0.494 e. The molecule has 31 heavy (non-hydrogen) atoms. The molecule has 160 valence electrons. The Labute approximate surface area is 184 Å². The molecule has 1 amide bonds. The SMILES string of the molecule is COc1ccc(/C=C/C(=O)Nc2cccc(S(=O)(=O)Nc3ccccc3Cl)c2)cc1F. The summed E-state index contributed by atoms with van der Waals surface area (Å²) in [5, 5.41) is 2.83. The summed E-state index contributed by atoms with van der Waals surface area (Å²) in [6.45, 7) is 0. The molecular weight excluding hydrogens is 443 g/mol. The highest BCUT2D eigenvalue weighted by atomic mass is 35.5. The number of benzene rings is 3. The molecule has 3 aromatic rings. The third-order valence-electron chi connectivity index (χ3n) is 4.13. The first-order chi connectivity index (χ1) is 14.8. The van der Waals surface area contributed by atoms with Crippen LogP contribution in [0.25, 0.3) is 6.08 Å². The van der Waals surface area contributed by atoms with Crippen molar-refractivity contribution in [3.05, 3.63) is 89.2 Å². The minimum Gasteiger partial charge on any atom is -0.494 e. The van der Waals surface area contributed by atoms with E-state index in [4.69, 9.17) is 16.3 Å². The molecule has 0 aliphatic rings. The number of para-hydroxylation sites is 1. The third kappa shape index (κ3) is 5.84. The van der Waals surface area contributed by atoms with Crippen molar-refractivity contribution in [3.8, 4) is 5.75 Å². The number of anilines is 2. The number of carbonyl (C=O) groups is 1. The van der Waals surface area contributed by atoms with Gasteiger partial charge in [-0.2, -0.15) is 0 Å². The second-order valence-corrected chi connectivity index (χ2v) is 8.42. The van der Waals surface area contributed by atoms with Crippen LogP contribution in [-0.4, -0.2) is 21.4 Å². The number of carbonyl (C=O) groups excluding carboxylic acids is 1. The van der Waals surface area contributed by atoms with Crippen LogP contribution in [0.5, 0.6) is 5.75 Å². The van der Waals surface area contributed by atoms with E-state index in [1.807, 2.05) is 0 Å². The van der Waals surface area contributed by atoms with Crippen molar-refractivity contribution < 1.29 is 22.3 Å². The Hall–Kier alpha value is -3.36. The van der Waals surface area contributed by atoms with E-state index in [1.54, 1.807) is 30.3 Å². The van der Waals surface area contributed by atoms with E-state index in [1.165, 1.54) is 55.7 Å². The zero-order valence-corrected chi connectivity index (χ0v) is 17.9. The van der Waals surface area contributed by atoms with E-state index in [9.17, 15) is 17.6 Å². The molecule has 0 unspecified atom stereocenters. The van der Waals surface area contributed by atoms with E-state index in [2.05, 4.69) is 10.0 Å². The first-order valence-corrected chi connectivity index (χ1v) is 10.8. The van der Waals surface area contributed by atoms with Crippen molar-refractivity contribution in [3.63, 3.8) is 0 Å². The van der Waals surface area contributed by atoms with Gasteiger partial charge in [0.25, 0.3) is 10.0 Å². The molecule has 0 aromatic heterocycles. The minimum absolute atomic E-state index is 0.0496. The zero-order valence-electron chi connectivity index (χ0n) is 16.3. The lowest BCUT2D eigenvalue weighted by Crippen LogP contribution is -2.14. The van der Waals surface area contributed by atoms with Gasteiger partial charge in [0, 0.05) is 11.8 Å². The second kappa shape index (κ2) is 9.63. The van der Waals surface area contributed by atoms with E-state index in [0.29, 0.717) is 5.56 Å². The van der Waals surface area contributed by atoms with Crippen LogP contribution >= 0.6 is 11.6 Å². The molecule has 0 radical (unpaired) electrons. The van der Waals surface area contributed by atoms with Gasteiger partial charge in [0.05, 0.1) is 22.7 Å². The van der Waals surface area contributed by atoms with Crippen molar-refractivity contribution >= 4 is 45.0 Å². The highest BCUT2D eigenvalue weighted by molar-refractivity contribution is 7.92. The average Bonchev–Trinajstić information content (AvgIpc) is 2.74. The fraction of sp³-hybridized carbons (Fsp3) is 0.0455. The molecule has 0 heterocycles. The number of methoxy groups -OCH3 is 1. The van der Waals surface area contributed by atoms with E-state index in [0.717, 1.165) is 0 Å². The Morgan fingerprint density at radius 1 is 1.06 bits per heavy atom. The highest BCUT2D eigenvalue weighted by Gasteiger charge is 2.16. The Morgan fingerprint density at radius 2 is 1.84 bits per heavy atom. The standard InChI is InChI=1S/C22H18ClFN2O4S/c1-30-21-11-9-15(13-19(21)24)10-12-22(27)25-16-5-4-6-17(14-16)31(28,29)26-20-8-3-2-7-18(20)23/h2-14,26H,1H3,(H,25,27)/b12-10+. The van der Waals surface area contributed by atoms with Gasteiger partial charge < -0.3 is 10.1 Å². The molecule has 2 N–H and O–H groups in total. The monoisotopic (exact) mass is 460 g/mol. The molecule has 3 aromatic carbocycles. The van der Waals surface area contributed by atoms with Gasteiger partial charge in [-0.05, 0) is 54.1 Å². The molecule has 0 saturated heterocycles. The van der Waals surface area contributed by atoms with Crippen molar-refractivity contribution in [1.29, 1.82) is 0 Å². The maximum atomic E-state index is 13.7. The van der Waals surface area contributed by atoms with Crippen molar-refractivity contribution in [2.45, 2.75) is 4.90 Å². The number of nitrogens with one attached hydrogen (secondary N) is 2. The summed E-state index contributed by atoms with van der Waals surface area (Å²) >= 11 is 6.01. The van der Waals surface area contributed by atoms with Crippen LogP contribution in [0.3, 0.4) is 0 Å². The highest BCUT2D eigenvalue weighted by Crippen LogP contribution is 2.25. The van der Waals surface area contributed by atoms with E-state index in [-0.39, 0.29) is 27.0 Å². The number of sulfonamides is 1. The molecule has 0 atom stereocenters. The number of halogens is 2. The maximum Gasteiger partial charge on any atom is 0.262 e. The van der Waals surface area contributed by atoms with Crippen LogP contribution in [0.15, 0.2) is 77.7 Å². The number of hydrogen-bond acceptors (Lipinski definition) is 4. The summed E-state index contributed by atoms with van der Waals surface area (Å²) in [4.78, 5) is 12.1. The topological polar surface area (TPSA) is 84.5 Å². The fourth-order valence-electron chi connectivity index (χ4n) is 2.63. The normalized spacial score (nSPS) is 11.3. The average molecular weight is 461 g/mol. The predicted molar refractivity (Wildman–Crippen MR) is 119 cm³/mol. The summed E-state index contributed by atoms with van der Waals surface area (Å²) in [6, 6.07) is 16.5. The van der Waals surface area contributed by atoms with Crippen molar-refractivity contribution in [2.24, 2.45) is 0 Å². The zero-order chi connectivity index (χ0) is 22.4. The molecule has 9 heteroatoms. The lowest BCUT2D eigenvalue weighted by atomic mass is 10.2. The van der Waals surface area contributed by atoms with Crippen molar-refractivity contribution in [1.82, 2.24) is 0 Å². The van der Waals surface area contributed by atoms with Gasteiger partial charge in [0.15, 0.2) is 11.6 Å². The lowest BCUT2D eigenvalue weighted by Gasteiger charge is -2.11. The predicted octanol–water partition coefficient (Wildman–Crippen LogP) is 4.94. The fourth-order valence-corrected chi connectivity index (χ4v) is 4.00. The van der Waals surface area contributed by atoms with Gasteiger partial charge in [0.2, 0.25) is 5.91 Å². The first kappa shape index (κ1) is 22.3. The second-order valence-electron chi connectivity index (χ2n) is 6.33. The molecule has 0 aliphatic heterocycles. The number of hydrogen-bond donors (Lipinski definition) is 2. The minimum atomic E-state index is -3.92. The van der Waals surface area contributed by atoms with E-state index >= 15 is 0 Å². The van der Waals surface area contributed by atoms with Gasteiger partial charge in [-0.1, -0.05) is 35.9 Å². The van der Waals surface area contributed by atoms with Gasteiger partial charge in [-0.25, -0.2) is 12.8 Å². The van der Waals surface area contributed by atoms with Gasteiger partial charge in [0.1, 0.15) is 0 Å². The van der Waals surface area contributed by atoms with Crippen molar-refractivity contribution in [2.75, 3.05) is 17.1 Å². The summed E-state index contributed by atoms with van der Waals surface area (Å²) in [5.41, 5.74) is 0.986. The summed E-state index contributed by atoms with van der Waals surface area (Å²) in [5.74, 6) is -0.955. The van der Waals surface area contributed by atoms with E-state index < -0.39 is 21.7 Å². The molecular formula is C22H18ClFN2O4S. The number of amides is 1. The Kier molecular flexibility index (Phi) is 6.94. The van der Waals surface area contributed by atoms with Crippen LogP contribution in [0.4, 0.5) is 15.8 Å². The molecule has 0 bridgehead atoms. The molecule has 0 saturated carbocycles. The van der Waals surface area contributed by atoms with Crippen LogP contribution < -0.4 is 14.8 Å². The molecule has 6 nitrogen and oxygen atoms in total. The van der Waals surface area contributed by atoms with Gasteiger partial charge >= 0.3 is 0 Å². The Balaban J connectivity index is 1.72. The smallest absolute Gasteiger partial charge is 0.262 e. The third-order valence-corrected chi connectivity index (χ3v) is 5.83.